The lowest BCUT2D eigenvalue weighted by atomic mass is 10.2. The lowest BCUT2D eigenvalue weighted by Gasteiger charge is -2.08. The molecule has 0 aliphatic rings. The molecule has 0 fully saturated rings. The Labute approximate surface area is 131 Å². The molecule has 1 aromatic heterocycles. The average Bonchev–Trinajstić information content (AvgIpc) is 2.78. The van der Waals surface area contributed by atoms with Crippen LogP contribution in [-0.2, 0) is 0 Å². The maximum atomic E-state index is 13.5. The quantitative estimate of drug-likeness (QED) is 0.460. The van der Waals surface area contributed by atoms with E-state index in [9.17, 15) is 4.39 Å². The van der Waals surface area contributed by atoms with Crippen molar-refractivity contribution in [3.05, 3.63) is 41.3 Å². The summed E-state index contributed by atoms with van der Waals surface area (Å²) >= 11 is 6.29. The van der Waals surface area contributed by atoms with Crippen LogP contribution in [0.4, 0.5) is 15.1 Å². The number of hydrazone groups is 1. The van der Waals surface area contributed by atoms with Gasteiger partial charge in [0, 0.05) is 0 Å². The Morgan fingerprint density at radius 3 is 2.76 bits per heavy atom. The fourth-order valence-corrected chi connectivity index (χ4v) is 2.60. The maximum Gasteiger partial charge on any atom is 0.191 e. The van der Waals surface area contributed by atoms with Gasteiger partial charge in [0.15, 0.2) is 5.11 Å². The highest BCUT2D eigenvalue weighted by Gasteiger charge is 2.11. The summed E-state index contributed by atoms with van der Waals surface area (Å²) in [6.45, 7) is 3.66. The van der Waals surface area contributed by atoms with Gasteiger partial charge in [-0.25, -0.2) is 4.39 Å². The van der Waals surface area contributed by atoms with Gasteiger partial charge < -0.3 is 11.1 Å². The Morgan fingerprint density at radius 1 is 1.43 bits per heavy atom. The van der Waals surface area contributed by atoms with Gasteiger partial charge in [-0.15, -0.1) is 0 Å². The second-order valence-corrected chi connectivity index (χ2v) is 5.46. The summed E-state index contributed by atoms with van der Waals surface area (Å²) in [5.41, 5.74) is 11.1. The molecule has 8 heteroatoms. The first-order chi connectivity index (χ1) is 9.99. The first-order valence-corrected chi connectivity index (χ1v) is 7.25. The first-order valence-electron chi connectivity index (χ1n) is 6.07. The highest BCUT2D eigenvalue weighted by molar-refractivity contribution is 7.80. The van der Waals surface area contributed by atoms with Gasteiger partial charge in [-0.3, -0.25) is 5.43 Å². The van der Waals surface area contributed by atoms with Crippen LogP contribution >= 0.6 is 23.8 Å². The van der Waals surface area contributed by atoms with E-state index in [1.54, 1.807) is 25.1 Å². The number of thiocarbonyl (C=S) groups is 1. The molecule has 0 atom stereocenters. The van der Waals surface area contributed by atoms with Crippen molar-refractivity contribution >= 4 is 45.3 Å². The largest absolute Gasteiger partial charge is 0.389 e. The molecule has 110 valence electrons. The topological polar surface area (TPSA) is 75.3 Å². The molecule has 1 heterocycles. The zero-order valence-electron chi connectivity index (χ0n) is 11.5. The molecular formula is C13H14FN5S2. The fourth-order valence-electron chi connectivity index (χ4n) is 1.73. The molecule has 2 rings (SSSR count). The number of aryl methyl sites for hydroxylation is 1. The zero-order chi connectivity index (χ0) is 15.4. The van der Waals surface area contributed by atoms with Gasteiger partial charge in [0.25, 0.3) is 0 Å². The summed E-state index contributed by atoms with van der Waals surface area (Å²) in [6.07, 6.45) is 0. The van der Waals surface area contributed by atoms with Gasteiger partial charge in [-0.05, 0) is 49.7 Å². The highest BCUT2D eigenvalue weighted by Crippen LogP contribution is 2.21. The van der Waals surface area contributed by atoms with E-state index < -0.39 is 0 Å². The van der Waals surface area contributed by atoms with Gasteiger partial charge in [0.2, 0.25) is 0 Å². The fraction of sp³-hybridized carbons (Fsp3) is 0.154. The van der Waals surface area contributed by atoms with E-state index in [4.69, 9.17) is 18.0 Å². The molecule has 0 radical (unpaired) electrons. The predicted molar refractivity (Wildman–Crippen MR) is 89.2 cm³/mol. The molecule has 0 aliphatic heterocycles. The SMILES string of the molecule is C/C(=N/NC(=S)Nc1ccccc1F)c1c(C)nsc1N. The molecule has 21 heavy (non-hydrogen) atoms. The minimum atomic E-state index is -0.385. The number of nitrogens with zero attached hydrogens (tertiary/aromatic N) is 2. The van der Waals surface area contributed by atoms with Crippen molar-refractivity contribution in [3.63, 3.8) is 0 Å². The predicted octanol–water partition coefficient (Wildman–Crippen LogP) is 2.88. The molecule has 0 saturated carbocycles. The van der Waals surface area contributed by atoms with E-state index in [1.807, 2.05) is 6.92 Å². The van der Waals surface area contributed by atoms with Crippen LogP contribution in [0.2, 0.25) is 0 Å². The zero-order valence-corrected chi connectivity index (χ0v) is 13.1. The number of nitrogens with one attached hydrogen (secondary N) is 2. The third-order valence-electron chi connectivity index (χ3n) is 2.70. The Hall–Kier alpha value is -2.06. The van der Waals surface area contributed by atoms with Crippen molar-refractivity contribution in [2.45, 2.75) is 13.8 Å². The molecule has 0 saturated heterocycles. The molecule has 2 aromatic rings. The lowest BCUT2D eigenvalue weighted by Crippen LogP contribution is -2.25. The Balaban J connectivity index is 2.04. The van der Waals surface area contributed by atoms with Crippen LogP contribution in [0.5, 0.6) is 0 Å². The maximum absolute atomic E-state index is 13.5. The summed E-state index contributed by atoms with van der Waals surface area (Å²) in [5.74, 6) is -0.385. The van der Waals surface area contributed by atoms with Crippen molar-refractivity contribution in [1.29, 1.82) is 0 Å². The van der Waals surface area contributed by atoms with Crippen molar-refractivity contribution in [2.24, 2.45) is 5.10 Å². The number of nitrogens with two attached hydrogens (primary N) is 1. The van der Waals surface area contributed by atoms with Crippen LogP contribution in [0.3, 0.4) is 0 Å². The molecule has 1 aromatic carbocycles. The van der Waals surface area contributed by atoms with Crippen LogP contribution in [0.1, 0.15) is 18.2 Å². The standard InChI is InChI=1S/C13H14FN5S2/c1-7(11-8(2)19-21-12(11)15)17-18-13(20)16-10-6-4-3-5-9(10)14/h3-6H,15H2,1-2H3,(H2,16,18,20)/b17-7-. The highest BCUT2D eigenvalue weighted by atomic mass is 32.1. The monoisotopic (exact) mass is 323 g/mol. The minimum absolute atomic E-state index is 0.193. The second-order valence-electron chi connectivity index (χ2n) is 4.25. The van der Waals surface area contributed by atoms with Crippen LogP contribution in [0.25, 0.3) is 0 Å². The van der Waals surface area contributed by atoms with Crippen molar-refractivity contribution in [3.8, 4) is 0 Å². The number of nitrogen functional groups attached to an aromatic ring is 1. The van der Waals surface area contributed by atoms with Gasteiger partial charge in [0.1, 0.15) is 10.8 Å². The van der Waals surface area contributed by atoms with E-state index in [0.29, 0.717) is 10.7 Å². The second kappa shape index (κ2) is 6.59. The normalized spacial score (nSPS) is 11.3. The van der Waals surface area contributed by atoms with Crippen LogP contribution in [-0.4, -0.2) is 15.2 Å². The molecular weight excluding hydrogens is 309 g/mol. The number of aromatic nitrogens is 1. The third kappa shape index (κ3) is 3.73. The lowest BCUT2D eigenvalue weighted by molar-refractivity contribution is 0.632. The number of para-hydroxylation sites is 1. The van der Waals surface area contributed by atoms with E-state index in [-0.39, 0.29) is 16.6 Å². The molecule has 5 nitrogen and oxygen atoms in total. The van der Waals surface area contributed by atoms with Gasteiger partial charge >= 0.3 is 0 Å². The van der Waals surface area contributed by atoms with Gasteiger partial charge in [-0.1, -0.05) is 12.1 Å². The van der Waals surface area contributed by atoms with Crippen molar-refractivity contribution in [2.75, 3.05) is 11.1 Å². The third-order valence-corrected chi connectivity index (χ3v) is 3.66. The van der Waals surface area contributed by atoms with Crippen molar-refractivity contribution in [1.82, 2.24) is 9.80 Å². The van der Waals surface area contributed by atoms with E-state index in [2.05, 4.69) is 20.2 Å². The Kier molecular flexibility index (Phi) is 4.81. The summed E-state index contributed by atoms with van der Waals surface area (Å²) in [4.78, 5) is 0. The van der Waals surface area contributed by atoms with Crippen LogP contribution in [0, 0.1) is 12.7 Å². The van der Waals surface area contributed by atoms with E-state index in [1.165, 1.54) is 17.6 Å². The average molecular weight is 323 g/mol. The van der Waals surface area contributed by atoms with Crippen LogP contribution < -0.4 is 16.5 Å². The summed E-state index contributed by atoms with van der Waals surface area (Å²) in [5, 5.41) is 7.67. The molecule has 0 aliphatic carbocycles. The van der Waals surface area contributed by atoms with Crippen molar-refractivity contribution < 1.29 is 4.39 Å². The van der Waals surface area contributed by atoms with Gasteiger partial charge in [-0.2, -0.15) is 9.47 Å². The number of halogens is 1. The van der Waals surface area contributed by atoms with Crippen LogP contribution in [0.15, 0.2) is 29.4 Å². The summed E-state index contributed by atoms with van der Waals surface area (Å²) in [7, 11) is 0. The summed E-state index contributed by atoms with van der Waals surface area (Å²) in [6, 6.07) is 6.25. The molecule has 0 amide bonds. The number of benzene rings is 1. The number of anilines is 2. The first kappa shape index (κ1) is 15.3. The molecule has 0 spiro atoms. The Bertz CT molecular complexity index is 676. The smallest absolute Gasteiger partial charge is 0.191 e. The molecule has 0 bridgehead atoms. The molecule has 0 unspecified atom stereocenters. The summed E-state index contributed by atoms with van der Waals surface area (Å²) < 4.78 is 17.6. The van der Waals surface area contributed by atoms with E-state index in [0.717, 1.165) is 11.3 Å². The molecule has 4 N–H and O–H groups in total. The van der Waals surface area contributed by atoms with Gasteiger partial charge in [0.05, 0.1) is 22.7 Å². The number of hydrogen-bond acceptors (Lipinski definition) is 5. The van der Waals surface area contributed by atoms with E-state index >= 15 is 0 Å². The number of rotatable bonds is 3. The Morgan fingerprint density at radius 2 is 2.14 bits per heavy atom. The number of hydrogen-bond donors (Lipinski definition) is 3. The minimum Gasteiger partial charge on any atom is -0.389 e.